The van der Waals surface area contributed by atoms with E-state index in [9.17, 15) is 18.0 Å². The second-order valence-corrected chi connectivity index (χ2v) is 4.01. The number of alkyl halides is 3. The van der Waals surface area contributed by atoms with Gasteiger partial charge in [0.05, 0.1) is 11.3 Å². The maximum atomic E-state index is 12.4. The summed E-state index contributed by atoms with van der Waals surface area (Å²) < 4.78 is 37.3. The van der Waals surface area contributed by atoms with Crippen LogP contribution < -0.4 is 4.90 Å². The molecule has 1 aromatic rings. The largest absolute Gasteiger partial charge is 0.478 e. The third-order valence-corrected chi connectivity index (χ3v) is 2.34. The van der Waals surface area contributed by atoms with Gasteiger partial charge in [0.25, 0.3) is 0 Å². The summed E-state index contributed by atoms with van der Waals surface area (Å²) in [5, 5.41) is 8.81. The Kier molecular flexibility index (Phi) is 4.68. The Labute approximate surface area is 108 Å². The Hall–Kier alpha value is -1.86. The summed E-state index contributed by atoms with van der Waals surface area (Å²) in [6.07, 6.45) is -2.84. The number of aromatic carboxylic acids is 1. The SMILES string of the molecule is CCCN(CC(F)(F)F)c1ncc(C(=O)O)c(C)n1. The Morgan fingerprint density at radius 3 is 2.53 bits per heavy atom. The Bertz CT molecular complexity index is 463. The fraction of sp³-hybridized carbons (Fsp3) is 0.545. The van der Waals surface area contributed by atoms with E-state index < -0.39 is 18.7 Å². The van der Waals surface area contributed by atoms with Crippen LogP contribution in [0.3, 0.4) is 0 Å². The molecule has 0 fully saturated rings. The number of carboxylic acid groups (broad SMARTS) is 1. The molecule has 5 nitrogen and oxygen atoms in total. The number of rotatable bonds is 5. The fourth-order valence-electron chi connectivity index (χ4n) is 1.55. The summed E-state index contributed by atoms with van der Waals surface area (Å²) >= 11 is 0. The predicted octanol–water partition coefficient (Wildman–Crippen LogP) is 2.26. The van der Waals surface area contributed by atoms with Crippen molar-refractivity contribution >= 4 is 11.9 Å². The molecule has 0 unspecified atom stereocenters. The zero-order valence-corrected chi connectivity index (χ0v) is 10.5. The molecule has 0 radical (unpaired) electrons. The molecule has 0 saturated heterocycles. The number of hydrogen-bond donors (Lipinski definition) is 1. The van der Waals surface area contributed by atoms with Crippen LogP contribution in [0.5, 0.6) is 0 Å². The van der Waals surface area contributed by atoms with E-state index in [1.807, 2.05) is 0 Å². The van der Waals surface area contributed by atoms with E-state index >= 15 is 0 Å². The molecule has 8 heteroatoms. The average Bonchev–Trinajstić information content (AvgIpc) is 2.26. The molecule has 19 heavy (non-hydrogen) atoms. The number of hydrogen-bond acceptors (Lipinski definition) is 4. The summed E-state index contributed by atoms with van der Waals surface area (Å²) in [6, 6.07) is 0. The first-order valence-corrected chi connectivity index (χ1v) is 5.63. The number of aromatic nitrogens is 2. The maximum Gasteiger partial charge on any atom is 0.406 e. The second kappa shape index (κ2) is 5.85. The fourth-order valence-corrected chi connectivity index (χ4v) is 1.55. The van der Waals surface area contributed by atoms with Crippen molar-refractivity contribution in [2.45, 2.75) is 26.4 Å². The molecule has 1 rings (SSSR count). The van der Waals surface area contributed by atoms with Crippen molar-refractivity contribution in [1.82, 2.24) is 9.97 Å². The van der Waals surface area contributed by atoms with Crippen LogP contribution in [0.4, 0.5) is 19.1 Å². The summed E-state index contributed by atoms with van der Waals surface area (Å²) in [5.41, 5.74) is 0.0213. The molecule has 0 aliphatic heterocycles. The lowest BCUT2D eigenvalue weighted by Crippen LogP contribution is -2.36. The highest BCUT2D eigenvalue weighted by Gasteiger charge is 2.31. The van der Waals surface area contributed by atoms with E-state index in [2.05, 4.69) is 9.97 Å². The molecule has 0 bridgehead atoms. The van der Waals surface area contributed by atoms with Gasteiger partial charge in [0.1, 0.15) is 6.54 Å². The van der Waals surface area contributed by atoms with Gasteiger partial charge in [0, 0.05) is 12.7 Å². The predicted molar refractivity (Wildman–Crippen MR) is 62.3 cm³/mol. The van der Waals surface area contributed by atoms with Gasteiger partial charge in [-0.3, -0.25) is 0 Å². The maximum absolute atomic E-state index is 12.4. The molecule has 0 atom stereocenters. The number of nitrogens with zero attached hydrogens (tertiary/aromatic N) is 3. The highest BCUT2D eigenvalue weighted by molar-refractivity contribution is 5.88. The van der Waals surface area contributed by atoms with Crippen molar-refractivity contribution < 1.29 is 23.1 Å². The number of anilines is 1. The zero-order valence-electron chi connectivity index (χ0n) is 10.5. The number of carboxylic acids is 1. The van der Waals surface area contributed by atoms with Crippen LogP contribution in [-0.4, -0.2) is 40.3 Å². The minimum atomic E-state index is -4.36. The standard InChI is InChI=1S/C11H14F3N3O2/c1-3-4-17(6-11(12,13)14)10-15-5-8(9(18)19)7(2)16-10/h5H,3-4,6H2,1-2H3,(H,18,19). The second-order valence-electron chi connectivity index (χ2n) is 4.01. The molecule has 0 spiro atoms. The number of halogens is 3. The van der Waals surface area contributed by atoms with Gasteiger partial charge in [-0.1, -0.05) is 6.92 Å². The van der Waals surface area contributed by atoms with E-state index in [0.717, 1.165) is 11.1 Å². The highest BCUT2D eigenvalue weighted by Crippen LogP contribution is 2.20. The lowest BCUT2D eigenvalue weighted by Gasteiger charge is -2.23. The molecule has 1 heterocycles. The normalized spacial score (nSPS) is 11.4. The monoisotopic (exact) mass is 277 g/mol. The van der Waals surface area contributed by atoms with Crippen molar-refractivity contribution in [2.24, 2.45) is 0 Å². The van der Waals surface area contributed by atoms with Crippen LogP contribution in [0.15, 0.2) is 6.20 Å². The zero-order chi connectivity index (χ0) is 14.6. The molecular weight excluding hydrogens is 263 g/mol. The summed E-state index contributed by atoms with van der Waals surface area (Å²) in [5.74, 6) is -1.32. The van der Waals surface area contributed by atoms with Crippen LogP contribution in [0.2, 0.25) is 0 Å². The van der Waals surface area contributed by atoms with Crippen LogP contribution in [0.1, 0.15) is 29.4 Å². The molecule has 0 amide bonds. The van der Waals surface area contributed by atoms with Gasteiger partial charge in [-0.15, -0.1) is 0 Å². The smallest absolute Gasteiger partial charge is 0.406 e. The quantitative estimate of drug-likeness (QED) is 0.894. The molecule has 0 aliphatic carbocycles. The first kappa shape index (κ1) is 15.2. The van der Waals surface area contributed by atoms with Crippen LogP contribution >= 0.6 is 0 Å². The Morgan fingerprint density at radius 1 is 1.47 bits per heavy atom. The molecule has 1 N–H and O–H groups in total. The van der Waals surface area contributed by atoms with E-state index in [1.54, 1.807) is 6.92 Å². The van der Waals surface area contributed by atoms with Crippen molar-refractivity contribution in [1.29, 1.82) is 0 Å². The van der Waals surface area contributed by atoms with Gasteiger partial charge in [-0.25, -0.2) is 14.8 Å². The molecule has 106 valence electrons. The molecule has 0 aliphatic rings. The number of aryl methyl sites for hydroxylation is 1. The molecule has 0 aromatic carbocycles. The van der Waals surface area contributed by atoms with Gasteiger partial charge < -0.3 is 10.0 Å². The minimum absolute atomic E-state index is 0.110. The molecular formula is C11H14F3N3O2. The van der Waals surface area contributed by atoms with Crippen molar-refractivity contribution in [3.63, 3.8) is 0 Å². The van der Waals surface area contributed by atoms with E-state index in [0.29, 0.717) is 6.42 Å². The summed E-state index contributed by atoms with van der Waals surface area (Å²) in [4.78, 5) is 19.3. The average molecular weight is 277 g/mol. The highest BCUT2D eigenvalue weighted by atomic mass is 19.4. The van der Waals surface area contributed by atoms with E-state index in [-0.39, 0.29) is 23.8 Å². The van der Waals surface area contributed by atoms with Gasteiger partial charge >= 0.3 is 12.1 Å². The van der Waals surface area contributed by atoms with Gasteiger partial charge in [0.15, 0.2) is 0 Å². The van der Waals surface area contributed by atoms with Crippen molar-refractivity contribution in [2.75, 3.05) is 18.0 Å². The van der Waals surface area contributed by atoms with Crippen LogP contribution in [0.25, 0.3) is 0 Å². The summed E-state index contributed by atoms with van der Waals surface area (Å²) in [7, 11) is 0. The third-order valence-electron chi connectivity index (χ3n) is 2.34. The molecule has 0 saturated carbocycles. The van der Waals surface area contributed by atoms with Crippen molar-refractivity contribution in [3.05, 3.63) is 17.5 Å². The van der Waals surface area contributed by atoms with E-state index in [1.165, 1.54) is 6.92 Å². The minimum Gasteiger partial charge on any atom is -0.478 e. The van der Waals surface area contributed by atoms with Crippen LogP contribution in [-0.2, 0) is 0 Å². The Balaban J connectivity index is 3.03. The first-order valence-electron chi connectivity index (χ1n) is 5.63. The van der Waals surface area contributed by atoms with E-state index in [4.69, 9.17) is 5.11 Å². The molecule has 1 aromatic heterocycles. The lowest BCUT2D eigenvalue weighted by molar-refractivity contribution is -0.119. The van der Waals surface area contributed by atoms with Crippen LogP contribution in [0, 0.1) is 6.92 Å². The topological polar surface area (TPSA) is 66.3 Å². The first-order chi connectivity index (χ1) is 8.74. The lowest BCUT2D eigenvalue weighted by atomic mass is 10.2. The van der Waals surface area contributed by atoms with Crippen molar-refractivity contribution in [3.8, 4) is 0 Å². The van der Waals surface area contributed by atoms with Gasteiger partial charge in [-0.05, 0) is 13.3 Å². The third kappa shape index (κ3) is 4.38. The Morgan fingerprint density at radius 2 is 2.11 bits per heavy atom. The number of carbonyl (C=O) groups is 1. The summed E-state index contributed by atoms with van der Waals surface area (Å²) in [6.45, 7) is 2.15. The van der Waals surface area contributed by atoms with Gasteiger partial charge in [-0.2, -0.15) is 13.2 Å². The van der Waals surface area contributed by atoms with Gasteiger partial charge in [0.2, 0.25) is 5.95 Å².